The van der Waals surface area contributed by atoms with E-state index in [0.717, 1.165) is 38.9 Å². The SMILES string of the molecule is CCN(CC(=O)Nc1cccc(C(=O)NC2CC2)c1)C1CCN(C(C)c2ccccc2)C1. The van der Waals surface area contributed by atoms with Gasteiger partial charge in [0.25, 0.3) is 5.91 Å². The third-order valence-corrected chi connectivity index (χ3v) is 6.61. The van der Waals surface area contributed by atoms with Crippen molar-refractivity contribution in [2.24, 2.45) is 0 Å². The summed E-state index contributed by atoms with van der Waals surface area (Å²) in [5, 5.41) is 5.97. The van der Waals surface area contributed by atoms with Crippen molar-refractivity contribution in [2.45, 2.75) is 51.2 Å². The van der Waals surface area contributed by atoms with Gasteiger partial charge in [0, 0.05) is 42.5 Å². The van der Waals surface area contributed by atoms with E-state index in [1.807, 2.05) is 12.1 Å². The molecule has 1 heterocycles. The highest BCUT2D eigenvalue weighted by molar-refractivity contribution is 5.97. The van der Waals surface area contributed by atoms with E-state index in [9.17, 15) is 9.59 Å². The standard InChI is InChI=1S/C26H34N4O2/c1-3-29(24-14-15-30(17-24)19(2)20-8-5-4-6-9-20)18-25(31)27-23-11-7-10-21(16-23)26(32)28-22-12-13-22/h4-11,16,19,22,24H,3,12-15,17-18H2,1-2H3,(H,27,31)(H,28,32). The van der Waals surface area contributed by atoms with Crippen molar-refractivity contribution in [3.05, 3.63) is 65.7 Å². The Morgan fingerprint density at radius 2 is 1.88 bits per heavy atom. The van der Waals surface area contributed by atoms with Crippen LogP contribution < -0.4 is 10.6 Å². The van der Waals surface area contributed by atoms with Crippen LogP contribution in [0.25, 0.3) is 0 Å². The van der Waals surface area contributed by atoms with E-state index < -0.39 is 0 Å². The van der Waals surface area contributed by atoms with Crippen molar-refractivity contribution < 1.29 is 9.59 Å². The third-order valence-electron chi connectivity index (χ3n) is 6.61. The topological polar surface area (TPSA) is 64.7 Å². The number of hydrogen-bond donors (Lipinski definition) is 2. The van der Waals surface area contributed by atoms with Crippen LogP contribution in [0.1, 0.15) is 55.1 Å². The molecule has 6 heteroatoms. The van der Waals surface area contributed by atoms with Gasteiger partial charge in [-0.05, 0) is 56.5 Å². The lowest BCUT2D eigenvalue weighted by atomic mass is 10.1. The van der Waals surface area contributed by atoms with Gasteiger partial charge in [-0.25, -0.2) is 0 Å². The fourth-order valence-electron chi connectivity index (χ4n) is 4.48. The van der Waals surface area contributed by atoms with Gasteiger partial charge in [-0.2, -0.15) is 0 Å². The highest BCUT2D eigenvalue weighted by atomic mass is 16.2. The summed E-state index contributed by atoms with van der Waals surface area (Å²) in [6.45, 7) is 7.56. The van der Waals surface area contributed by atoms with E-state index in [-0.39, 0.29) is 11.8 Å². The highest BCUT2D eigenvalue weighted by Crippen LogP contribution is 2.26. The van der Waals surface area contributed by atoms with Gasteiger partial charge in [-0.15, -0.1) is 0 Å². The number of nitrogens with one attached hydrogen (secondary N) is 2. The number of carbonyl (C=O) groups is 2. The summed E-state index contributed by atoms with van der Waals surface area (Å²) in [5.74, 6) is -0.112. The fraction of sp³-hybridized carbons (Fsp3) is 0.462. The Morgan fingerprint density at radius 1 is 1.09 bits per heavy atom. The van der Waals surface area contributed by atoms with Crippen LogP contribution in [-0.4, -0.2) is 59.9 Å². The maximum atomic E-state index is 12.8. The van der Waals surface area contributed by atoms with Crippen molar-refractivity contribution in [1.29, 1.82) is 0 Å². The number of amides is 2. The Hall–Kier alpha value is -2.70. The van der Waals surface area contributed by atoms with Crippen molar-refractivity contribution in [1.82, 2.24) is 15.1 Å². The molecule has 1 aliphatic heterocycles. The average Bonchev–Trinajstić information content (AvgIpc) is 3.49. The Bertz CT molecular complexity index is 928. The molecule has 1 saturated heterocycles. The molecule has 1 saturated carbocycles. The molecule has 2 N–H and O–H groups in total. The van der Waals surface area contributed by atoms with E-state index in [0.29, 0.717) is 35.9 Å². The first-order chi connectivity index (χ1) is 15.5. The molecule has 2 aromatic carbocycles. The third kappa shape index (κ3) is 5.75. The van der Waals surface area contributed by atoms with Crippen LogP contribution in [0.3, 0.4) is 0 Å². The van der Waals surface area contributed by atoms with Crippen LogP contribution in [0.5, 0.6) is 0 Å². The number of anilines is 1. The van der Waals surface area contributed by atoms with Gasteiger partial charge in [-0.1, -0.05) is 43.3 Å². The Morgan fingerprint density at radius 3 is 2.59 bits per heavy atom. The summed E-state index contributed by atoms with van der Waals surface area (Å²) >= 11 is 0. The molecule has 170 valence electrons. The molecule has 2 atom stereocenters. The summed E-state index contributed by atoms with van der Waals surface area (Å²) in [7, 11) is 0. The minimum absolute atomic E-state index is 0.0406. The summed E-state index contributed by atoms with van der Waals surface area (Å²) in [4.78, 5) is 29.8. The molecule has 0 spiro atoms. The average molecular weight is 435 g/mol. The molecule has 1 aliphatic carbocycles. The van der Waals surface area contributed by atoms with Crippen LogP contribution in [-0.2, 0) is 4.79 Å². The zero-order valence-corrected chi connectivity index (χ0v) is 19.1. The first-order valence-electron chi connectivity index (χ1n) is 11.8. The predicted molar refractivity (Wildman–Crippen MR) is 128 cm³/mol. The maximum absolute atomic E-state index is 12.8. The van der Waals surface area contributed by atoms with Gasteiger partial charge in [0.15, 0.2) is 0 Å². The lowest BCUT2D eigenvalue weighted by Crippen LogP contribution is -2.42. The number of benzene rings is 2. The molecule has 2 fully saturated rings. The molecule has 4 rings (SSSR count). The number of hydrogen-bond acceptors (Lipinski definition) is 4. The summed E-state index contributed by atoms with van der Waals surface area (Å²) in [5.41, 5.74) is 2.59. The number of nitrogens with zero attached hydrogens (tertiary/aromatic N) is 2. The smallest absolute Gasteiger partial charge is 0.251 e. The Balaban J connectivity index is 1.31. The van der Waals surface area contributed by atoms with Crippen LogP contribution >= 0.6 is 0 Å². The van der Waals surface area contributed by atoms with Crippen LogP contribution in [0.2, 0.25) is 0 Å². The predicted octanol–water partition coefficient (Wildman–Crippen LogP) is 3.67. The second kappa shape index (κ2) is 10.3. The van der Waals surface area contributed by atoms with Crippen molar-refractivity contribution >= 4 is 17.5 Å². The van der Waals surface area contributed by atoms with E-state index in [1.54, 1.807) is 12.1 Å². The number of rotatable bonds is 9. The molecule has 32 heavy (non-hydrogen) atoms. The Labute approximate surface area is 191 Å². The molecule has 2 aromatic rings. The van der Waals surface area contributed by atoms with E-state index >= 15 is 0 Å². The van der Waals surface area contributed by atoms with Crippen LogP contribution in [0, 0.1) is 0 Å². The van der Waals surface area contributed by atoms with Crippen molar-refractivity contribution in [3.8, 4) is 0 Å². The molecule has 2 aliphatic rings. The lowest BCUT2D eigenvalue weighted by molar-refractivity contribution is -0.117. The highest BCUT2D eigenvalue weighted by Gasteiger charge is 2.31. The first-order valence-corrected chi connectivity index (χ1v) is 11.8. The van der Waals surface area contributed by atoms with Crippen molar-refractivity contribution in [3.63, 3.8) is 0 Å². The first kappa shape index (κ1) is 22.5. The van der Waals surface area contributed by atoms with Gasteiger partial charge < -0.3 is 10.6 Å². The van der Waals surface area contributed by atoms with Gasteiger partial charge in [-0.3, -0.25) is 19.4 Å². The van der Waals surface area contributed by atoms with E-state index in [2.05, 4.69) is 64.6 Å². The minimum atomic E-state index is -0.0719. The zero-order chi connectivity index (χ0) is 22.5. The molecule has 6 nitrogen and oxygen atoms in total. The largest absolute Gasteiger partial charge is 0.349 e. The second-order valence-corrected chi connectivity index (χ2v) is 8.96. The van der Waals surface area contributed by atoms with Gasteiger partial charge in [0.1, 0.15) is 0 Å². The zero-order valence-electron chi connectivity index (χ0n) is 19.1. The Kier molecular flexibility index (Phi) is 7.22. The molecule has 0 aromatic heterocycles. The second-order valence-electron chi connectivity index (χ2n) is 8.96. The van der Waals surface area contributed by atoms with Crippen LogP contribution in [0.15, 0.2) is 54.6 Å². The summed E-state index contributed by atoms with van der Waals surface area (Å²) < 4.78 is 0. The van der Waals surface area contributed by atoms with Crippen LogP contribution in [0.4, 0.5) is 5.69 Å². The monoisotopic (exact) mass is 434 g/mol. The maximum Gasteiger partial charge on any atom is 0.251 e. The number of likely N-dealkylation sites (tertiary alicyclic amines) is 1. The molecule has 0 radical (unpaired) electrons. The summed E-state index contributed by atoms with van der Waals surface area (Å²) in [6, 6.07) is 18.8. The molecular weight excluding hydrogens is 400 g/mol. The summed E-state index contributed by atoms with van der Waals surface area (Å²) in [6.07, 6.45) is 3.17. The quantitative estimate of drug-likeness (QED) is 0.632. The van der Waals surface area contributed by atoms with E-state index in [1.165, 1.54) is 5.56 Å². The van der Waals surface area contributed by atoms with Gasteiger partial charge in [0.05, 0.1) is 6.54 Å². The van der Waals surface area contributed by atoms with E-state index in [4.69, 9.17) is 0 Å². The van der Waals surface area contributed by atoms with Crippen molar-refractivity contribution in [2.75, 3.05) is 31.5 Å². The molecule has 2 unspecified atom stereocenters. The molecule has 2 amide bonds. The fourth-order valence-corrected chi connectivity index (χ4v) is 4.48. The van der Waals surface area contributed by atoms with Gasteiger partial charge in [0.2, 0.25) is 5.91 Å². The normalized spacial score (nSPS) is 19.7. The minimum Gasteiger partial charge on any atom is -0.349 e. The number of carbonyl (C=O) groups excluding carboxylic acids is 2. The lowest BCUT2D eigenvalue weighted by Gasteiger charge is -2.29. The number of likely N-dealkylation sites (N-methyl/N-ethyl adjacent to an activating group) is 1. The molecule has 0 bridgehead atoms. The van der Waals surface area contributed by atoms with Gasteiger partial charge >= 0.3 is 0 Å². The molecular formula is C26H34N4O2.